The first-order chi connectivity index (χ1) is 12.5. The van der Waals surface area contributed by atoms with Crippen molar-refractivity contribution in [3.8, 4) is 0 Å². The molecule has 1 aromatic carbocycles. The summed E-state index contributed by atoms with van der Waals surface area (Å²) in [6.45, 7) is 5.48. The Labute approximate surface area is 156 Å². The van der Waals surface area contributed by atoms with Crippen LogP contribution in [0, 0.1) is 17.8 Å². The van der Waals surface area contributed by atoms with Gasteiger partial charge in [-0.2, -0.15) is 0 Å². The molecule has 7 rings (SSSR count). The van der Waals surface area contributed by atoms with Crippen molar-refractivity contribution in [2.75, 3.05) is 18.5 Å². The quantitative estimate of drug-likeness (QED) is 0.799. The van der Waals surface area contributed by atoms with Crippen LogP contribution in [0.5, 0.6) is 0 Å². The van der Waals surface area contributed by atoms with Crippen molar-refractivity contribution < 1.29 is 14.7 Å². The van der Waals surface area contributed by atoms with Gasteiger partial charge in [-0.15, -0.1) is 0 Å². The Morgan fingerprint density at radius 3 is 2.69 bits per heavy atom. The van der Waals surface area contributed by atoms with E-state index in [9.17, 15) is 10.2 Å². The molecule has 5 fully saturated rings. The van der Waals surface area contributed by atoms with Crippen molar-refractivity contribution in [2.24, 2.45) is 17.8 Å². The molecular weight excluding hydrogens is 324 g/mol. The van der Waals surface area contributed by atoms with Gasteiger partial charge in [-0.1, -0.05) is 25.1 Å². The fourth-order valence-corrected chi connectivity index (χ4v) is 9.03. The van der Waals surface area contributed by atoms with Crippen LogP contribution in [-0.2, 0) is 5.41 Å². The van der Waals surface area contributed by atoms with Gasteiger partial charge in [0.15, 0.2) is 6.23 Å². The van der Waals surface area contributed by atoms with Gasteiger partial charge in [0.05, 0.1) is 30.1 Å². The van der Waals surface area contributed by atoms with E-state index in [-0.39, 0.29) is 17.7 Å². The molecule has 0 amide bonds. The molecule has 1 aliphatic carbocycles. The zero-order valence-corrected chi connectivity index (χ0v) is 16.0. The van der Waals surface area contributed by atoms with Crippen LogP contribution in [0.25, 0.3) is 0 Å². The van der Waals surface area contributed by atoms with Crippen molar-refractivity contribution >= 4 is 5.69 Å². The molecule has 1 spiro atoms. The van der Waals surface area contributed by atoms with E-state index in [2.05, 4.69) is 50.1 Å². The summed E-state index contributed by atoms with van der Waals surface area (Å²) in [7, 11) is 2.22. The first-order valence-corrected chi connectivity index (χ1v) is 10.6. The molecule has 5 heterocycles. The fourth-order valence-electron chi connectivity index (χ4n) is 9.03. The molecule has 10 atom stereocenters. The molecule has 1 saturated carbocycles. The van der Waals surface area contributed by atoms with Crippen molar-refractivity contribution in [3.63, 3.8) is 0 Å². The smallest absolute Gasteiger partial charge is 0.194 e. The second-order valence-electron chi connectivity index (χ2n) is 9.67. The first kappa shape index (κ1) is 15.9. The third-order valence-corrected chi connectivity index (χ3v) is 9.67. The number of hydrogen-bond donors (Lipinski definition) is 2. The summed E-state index contributed by atoms with van der Waals surface area (Å²) < 4.78 is 0.849. The summed E-state index contributed by atoms with van der Waals surface area (Å²) in [6, 6.07) is 9.93. The molecule has 4 heteroatoms. The molecule has 1 unspecified atom stereocenters. The number of aliphatic hydroxyl groups is 2. The number of benzene rings is 1. The van der Waals surface area contributed by atoms with Gasteiger partial charge >= 0.3 is 0 Å². The Morgan fingerprint density at radius 2 is 1.96 bits per heavy atom. The number of likely N-dealkylation sites (N-methyl/N-ethyl adjacent to an activating group) is 2. The standard InChI is InChI=1S/C22H31N2O2/c1-4-12-13-10-16-19-22(14-8-6-7-9-15(14)23(19)3)11-17(18(13)20(22)25)24(16,5-2)21(12)26/h6-9,12-13,16-21,25-26H,4-5,10-11H2,1-3H3/q+1/t12-,13-,16+,17-,18+,19+,20-,21+,22+,24?/m0/s1. The minimum atomic E-state index is -0.272. The molecule has 5 bridgehead atoms. The van der Waals surface area contributed by atoms with Crippen LogP contribution in [0.1, 0.15) is 38.7 Å². The molecule has 6 aliphatic rings. The highest BCUT2D eigenvalue weighted by Crippen LogP contribution is 2.71. The second-order valence-corrected chi connectivity index (χ2v) is 9.67. The summed E-state index contributed by atoms with van der Waals surface area (Å²) in [4.78, 5) is 2.46. The Bertz CT molecular complexity index is 783. The normalized spacial score (nSPS) is 55.3. The highest BCUT2D eigenvalue weighted by atomic mass is 16.3. The van der Waals surface area contributed by atoms with E-state index in [4.69, 9.17) is 0 Å². The van der Waals surface area contributed by atoms with E-state index in [1.807, 2.05) is 0 Å². The van der Waals surface area contributed by atoms with Crippen LogP contribution in [0.4, 0.5) is 5.69 Å². The fraction of sp³-hybridized carbons (Fsp3) is 0.727. The number of hydrogen-bond acceptors (Lipinski definition) is 3. The summed E-state index contributed by atoms with van der Waals surface area (Å²) in [6.07, 6.45) is 2.71. The minimum Gasteiger partial charge on any atom is -0.392 e. The number of fused-ring (bicyclic) bond motifs is 2. The average Bonchev–Trinajstić information content (AvgIpc) is 3.04. The lowest BCUT2D eigenvalue weighted by Gasteiger charge is -2.67. The molecule has 1 aromatic rings. The predicted molar refractivity (Wildman–Crippen MR) is 101 cm³/mol. The molecule has 26 heavy (non-hydrogen) atoms. The largest absolute Gasteiger partial charge is 0.392 e. The van der Waals surface area contributed by atoms with Gasteiger partial charge in [0, 0.05) is 37.4 Å². The van der Waals surface area contributed by atoms with Crippen molar-refractivity contribution in [3.05, 3.63) is 29.8 Å². The van der Waals surface area contributed by atoms with Gasteiger partial charge in [-0.05, 0) is 30.9 Å². The number of aliphatic hydroxyl groups excluding tert-OH is 2. The lowest BCUT2D eigenvalue weighted by atomic mass is 9.60. The summed E-state index contributed by atoms with van der Waals surface area (Å²) in [5.41, 5.74) is 2.55. The van der Waals surface area contributed by atoms with Crippen LogP contribution in [0.15, 0.2) is 24.3 Å². The summed E-state index contributed by atoms with van der Waals surface area (Å²) in [5.74, 6) is 1.18. The molecule has 0 aromatic heterocycles. The summed E-state index contributed by atoms with van der Waals surface area (Å²) >= 11 is 0. The van der Waals surface area contributed by atoms with Crippen molar-refractivity contribution in [2.45, 2.75) is 69.0 Å². The SMILES string of the molecule is CC[C@H]1[C@@H]2C[C@@H]3[C@H]4N(C)c5ccccc5[C@]45C[C@@H]([C@@H]2[C@@H]5O)[N+]3(CC)[C@@H]1O. The molecule has 4 saturated heterocycles. The average molecular weight is 356 g/mol. The Balaban J connectivity index is 1.63. The first-order valence-electron chi connectivity index (χ1n) is 10.6. The number of nitrogens with zero attached hydrogens (tertiary/aromatic N) is 2. The summed E-state index contributed by atoms with van der Waals surface area (Å²) in [5, 5.41) is 23.4. The third-order valence-electron chi connectivity index (χ3n) is 9.67. The monoisotopic (exact) mass is 355 g/mol. The van der Waals surface area contributed by atoms with Crippen molar-refractivity contribution in [1.82, 2.24) is 0 Å². The van der Waals surface area contributed by atoms with E-state index in [0.29, 0.717) is 35.9 Å². The maximum absolute atomic E-state index is 11.8. The molecule has 0 radical (unpaired) electrons. The molecule has 140 valence electrons. The highest BCUT2D eigenvalue weighted by Gasteiger charge is 2.82. The Hall–Kier alpha value is -1.10. The third kappa shape index (κ3) is 1.30. The number of quaternary nitrogens is 1. The number of para-hydroxylation sites is 1. The maximum atomic E-state index is 11.8. The molecule has 4 nitrogen and oxygen atoms in total. The van der Waals surface area contributed by atoms with Gasteiger partial charge in [-0.3, -0.25) is 4.48 Å². The topological polar surface area (TPSA) is 43.7 Å². The molecular formula is C22H31N2O2+. The Kier molecular flexibility index (Phi) is 2.85. The number of rotatable bonds is 2. The van der Waals surface area contributed by atoms with E-state index in [1.165, 1.54) is 17.7 Å². The van der Waals surface area contributed by atoms with Gasteiger partial charge in [-0.25, -0.2) is 0 Å². The van der Waals surface area contributed by atoms with Crippen LogP contribution in [0.2, 0.25) is 0 Å². The number of anilines is 1. The van der Waals surface area contributed by atoms with Crippen LogP contribution in [0.3, 0.4) is 0 Å². The van der Waals surface area contributed by atoms with E-state index >= 15 is 0 Å². The van der Waals surface area contributed by atoms with E-state index in [1.54, 1.807) is 0 Å². The van der Waals surface area contributed by atoms with Gasteiger partial charge in [0.1, 0.15) is 6.04 Å². The van der Waals surface area contributed by atoms with Gasteiger partial charge < -0.3 is 15.1 Å². The molecule has 5 aliphatic heterocycles. The van der Waals surface area contributed by atoms with Crippen LogP contribution < -0.4 is 4.90 Å². The Morgan fingerprint density at radius 1 is 1.19 bits per heavy atom. The van der Waals surface area contributed by atoms with Crippen LogP contribution >= 0.6 is 0 Å². The van der Waals surface area contributed by atoms with E-state index < -0.39 is 0 Å². The molecule has 2 N–H and O–H groups in total. The lowest BCUT2D eigenvalue weighted by Crippen LogP contribution is -2.82. The minimum absolute atomic E-state index is 0.126. The maximum Gasteiger partial charge on any atom is 0.194 e. The van der Waals surface area contributed by atoms with Crippen molar-refractivity contribution in [1.29, 1.82) is 0 Å². The predicted octanol–water partition coefficient (Wildman–Crippen LogP) is 2.09. The van der Waals surface area contributed by atoms with Gasteiger partial charge in [0.2, 0.25) is 0 Å². The zero-order chi connectivity index (χ0) is 18.0. The van der Waals surface area contributed by atoms with Gasteiger partial charge in [0.25, 0.3) is 0 Å². The lowest BCUT2D eigenvalue weighted by molar-refractivity contribution is -1.04. The zero-order valence-electron chi connectivity index (χ0n) is 16.0. The van der Waals surface area contributed by atoms with E-state index in [0.717, 1.165) is 23.9 Å². The second kappa shape index (κ2) is 4.65. The highest BCUT2D eigenvalue weighted by molar-refractivity contribution is 5.66. The number of piperidine rings is 4. The van der Waals surface area contributed by atoms with Crippen LogP contribution in [-0.4, -0.2) is 58.7 Å².